The van der Waals surface area contributed by atoms with Gasteiger partial charge in [-0.05, 0) is 63.4 Å². The predicted octanol–water partition coefficient (Wildman–Crippen LogP) is 3.46. The zero-order valence-corrected chi connectivity index (χ0v) is 24.7. The number of nitrogens with one attached hydrogen (secondary N) is 2. The van der Waals surface area contributed by atoms with Gasteiger partial charge in [0, 0.05) is 48.6 Å². The van der Waals surface area contributed by atoms with Gasteiger partial charge in [-0.2, -0.15) is 0 Å². The number of amides is 1. The number of rotatable bonds is 8. The Balaban J connectivity index is 1.54. The summed E-state index contributed by atoms with van der Waals surface area (Å²) in [6, 6.07) is 4.89. The molecule has 4 heterocycles. The van der Waals surface area contributed by atoms with Crippen LogP contribution in [-0.2, 0) is 4.74 Å². The fraction of sp³-hybridized carbons (Fsp3) is 0.500. The van der Waals surface area contributed by atoms with Crippen molar-refractivity contribution < 1.29 is 32.9 Å². The number of aliphatic hydroxyl groups excluding tert-OH is 2. The van der Waals surface area contributed by atoms with Crippen LogP contribution in [0.3, 0.4) is 0 Å². The Kier molecular flexibility index (Phi) is 8.86. The van der Waals surface area contributed by atoms with E-state index in [1.54, 1.807) is 17.9 Å². The average molecular weight is 613 g/mol. The Morgan fingerprint density at radius 3 is 2.52 bits per heavy atom. The smallest absolute Gasteiger partial charge is 0.254 e. The van der Waals surface area contributed by atoms with E-state index in [-0.39, 0.29) is 58.3 Å². The summed E-state index contributed by atoms with van der Waals surface area (Å²) in [4.78, 5) is 31.7. The van der Waals surface area contributed by atoms with E-state index in [4.69, 9.17) is 9.15 Å². The molecule has 3 aromatic rings. The van der Waals surface area contributed by atoms with Gasteiger partial charge >= 0.3 is 0 Å². The Hall–Kier alpha value is -3.58. The number of hydrogen-bond donors (Lipinski definition) is 4. The average Bonchev–Trinajstić information content (AvgIpc) is 3.73. The standard InChI is InChI=1S/C32H38F2N4O6/c1-18(36-22-15-20(33)14-21(34)16-22)24-12-19(31(42)38-7-3-4-23(38)17-39)13-25-28(40)27(29(41)26-5-2-6-35-26)32(44-30(24)25)37-8-10-43-11-9-37/h12-16,18,23,26,29,35-36,39,41H,2-11,17H2,1H3/t18?,23?,26?,29-/m1/s1. The number of likely N-dealkylation sites (tertiary alicyclic amines) is 1. The molecule has 0 spiro atoms. The number of hydrogen-bond acceptors (Lipinski definition) is 9. The third kappa shape index (κ3) is 5.91. The van der Waals surface area contributed by atoms with Crippen molar-refractivity contribution >= 4 is 28.4 Å². The molecule has 0 bridgehead atoms. The first-order valence-electron chi connectivity index (χ1n) is 15.3. The van der Waals surface area contributed by atoms with Crippen LogP contribution < -0.4 is 21.0 Å². The van der Waals surface area contributed by atoms with Gasteiger partial charge in [0.15, 0.2) is 0 Å². The molecule has 4 N–H and O–H groups in total. The van der Waals surface area contributed by atoms with E-state index < -0.39 is 29.2 Å². The lowest BCUT2D eigenvalue weighted by Crippen LogP contribution is -2.40. The van der Waals surface area contributed by atoms with E-state index in [0.717, 1.165) is 37.6 Å². The number of morpholine rings is 1. The van der Waals surface area contributed by atoms with Gasteiger partial charge in [-0.25, -0.2) is 8.78 Å². The largest absolute Gasteiger partial charge is 0.439 e. The van der Waals surface area contributed by atoms with E-state index in [9.17, 15) is 28.6 Å². The monoisotopic (exact) mass is 612 g/mol. The molecule has 12 heteroatoms. The molecule has 0 radical (unpaired) electrons. The Labute approximate surface area is 253 Å². The summed E-state index contributed by atoms with van der Waals surface area (Å²) in [5, 5.41) is 27.9. The highest BCUT2D eigenvalue weighted by atomic mass is 19.1. The van der Waals surface area contributed by atoms with Crippen LogP contribution in [0.4, 0.5) is 20.4 Å². The molecule has 44 heavy (non-hydrogen) atoms. The summed E-state index contributed by atoms with van der Waals surface area (Å²) < 4.78 is 40.2. The molecule has 3 aliphatic heterocycles. The van der Waals surface area contributed by atoms with Crippen molar-refractivity contribution in [2.75, 3.05) is 56.2 Å². The molecule has 10 nitrogen and oxygen atoms in total. The van der Waals surface area contributed by atoms with Gasteiger partial charge in [0.05, 0.1) is 42.9 Å². The summed E-state index contributed by atoms with van der Waals surface area (Å²) in [5.74, 6) is -1.60. The van der Waals surface area contributed by atoms with Crippen LogP contribution in [0.1, 0.15) is 66.2 Å². The molecular formula is C32H38F2N4O6. The van der Waals surface area contributed by atoms with Crippen molar-refractivity contribution in [3.63, 3.8) is 0 Å². The number of carbonyl (C=O) groups is 1. The minimum atomic E-state index is -1.15. The third-order valence-electron chi connectivity index (χ3n) is 8.92. The molecule has 3 unspecified atom stereocenters. The quantitative estimate of drug-likeness (QED) is 0.303. The summed E-state index contributed by atoms with van der Waals surface area (Å²) in [6.07, 6.45) is 1.81. The molecular weight excluding hydrogens is 574 g/mol. The van der Waals surface area contributed by atoms with Crippen LogP contribution in [-0.4, -0.2) is 79.1 Å². The van der Waals surface area contributed by atoms with E-state index in [2.05, 4.69) is 10.6 Å². The number of nitrogens with zero attached hydrogens (tertiary/aromatic N) is 2. The molecule has 6 rings (SSSR count). The molecule has 3 fully saturated rings. The second-order valence-corrected chi connectivity index (χ2v) is 11.8. The maximum atomic E-state index is 14.4. The number of fused-ring (bicyclic) bond motifs is 1. The van der Waals surface area contributed by atoms with Crippen molar-refractivity contribution in [3.05, 3.63) is 68.9 Å². The number of ether oxygens (including phenoxy) is 1. The van der Waals surface area contributed by atoms with Gasteiger partial charge in [-0.3, -0.25) is 9.59 Å². The third-order valence-corrected chi connectivity index (χ3v) is 8.92. The Morgan fingerprint density at radius 1 is 1.09 bits per heavy atom. The minimum Gasteiger partial charge on any atom is -0.439 e. The highest BCUT2D eigenvalue weighted by Crippen LogP contribution is 2.36. The zero-order valence-electron chi connectivity index (χ0n) is 24.7. The highest BCUT2D eigenvalue weighted by molar-refractivity contribution is 5.99. The molecule has 236 valence electrons. The first-order valence-corrected chi connectivity index (χ1v) is 15.3. The lowest BCUT2D eigenvalue weighted by molar-refractivity contribution is 0.0677. The van der Waals surface area contributed by atoms with E-state index in [0.29, 0.717) is 51.3 Å². The van der Waals surface area contributed by atoms with E-state index >= 15 is 0 Å². The normalized spacial score (nSPS) is 22.0. The Bertz CT molecular complexity index is 1570. The van der Waals surface area contributed by atoms with E-state index in [1.165, 1.54) is 6.07 Å². The van der Waals surface area contributed by atoms with Crippen LogP contribution in [0.2, 0.25) is 0 Å². The molecule has 1 aromatic heterocycles. The minimum absolute atomic E-state index is 0.119. The van der Waals surface area contributed by atoms with Crippen LogP contribution in [0.25, 0.3) is 11.0 Å². The first kappa shape index (κ1) is 30.4. The van der Waals surface area contributed by atoms with Crippen molar-refractivity contribution in [1.29, 1.82) is 0 Å². The summed E-state index contributed by atoms with van der Waals surface area (Å²) >= 11 is 0. The number of anilines is 2. The second kappa shape index (κ2) is 12.8. The highest BCUT2D eigenvalue weighted by Gasteiger charge is 2.35. The van der Waals surface area contributed by atoms with E-state index in [1.807, 2.05) is 4.90 Å². The summed E-state index contributed by atoms with van der Waals surface area (Å²) in [7, 11) is 0. The van der Waals surface area contributed by atoms with Crippen molar-refractivity contribution in [1.82, 2.24) is 10.2 Å². The molecule has 3 saturated heterocycles. The maximum absolute atomic E-state index is 14.4. The number of aliphatic hydroxyl groups is 2. The van der Waals surface area contributed by atoms with Gasteiger partial charge in [0.2, 0.25) is 11.3 Å². The first-order chi connectivity index (χ1) is 21.2. The number of halogens is 2. The molecule has 1 amide bonds. The van der Waals surface area contributed by atoms with Gasteiger partial charge in [0.25, 0.3) is 5.91 Å². The molecule has 3 aliphatic rings. The van der Waals surface area contributed by atoms with Crippen molar-refractivity contribution in [2.45, 2.75) is 56.8 Å². The SMILES string of the molecule is CC(Nc1cc(F)cc(F)c1)c1cc(C(=O)N2CCCC2CO)cc2c(=O)c([C@H](O)C3CCCN3)c(N3CCOCC3)oc12. The number of carbonyl (C=O) groups excluding carboxylic acids is 1. The van der Waals surface area contributed by atoms with Gasteiger partial charge in [-0.1, -0.05) is 0 Å². The van der Waals surface area contributed by atoms with Crippen molar-refractivity contribution in [2.24, 2.45) is 0 Å². The molecule has 0 saturated carbocycles. The molecule has 4 atom stereocenters. The fourth-order valence-electron chi connectivity index (χ4n) is 6.64. The predicted molar refractivity (Wildman–Crippen MR) is 161 cm³/mol. The molecule has 2 aromatic carbocycles. The maximum Gasteiger partial charge on any atom is 0.254 e. The second-order valence-electron chi connectivity index (χ2n) is 11.8. The fourth-order valence-corrected chi connectivity index (χ4v) is 6.64. The van der Waals surface area contributed by atoms with Gasteiger partial charge in [0.1, 0.15) is 23.3 Å². The van der Waals surface area contributed by atoms with Crippen LogP contribution >= 0.6 is 0 Å². The lowest BCUT2D eigenvalue weighted by Gasteiger charge is -2.31. The van der Waals surface area contributed by atoms with Crippen LogP contribution in [0.15, 0.2) is 39.5 Å². The Morgan fingerprint density at radius 2 is 1.84 bits per heavy atom. The van der Waals surface area contributed by atoms with Gasteiger partial charge in [-0.15, -0.1) is 0 Å². The summed E-state index contributed by atoms with van der Waals surface area (Å²) in [6.45, 7) is 4.51. The van der Waals surface area contributed by atoms with Crippen LogP contribution in [0, 0.1) is 11.6 Å². The van der Waals surface area contributed by atoms with Crippen molar-refractivity contribution in [3.8, 4) is 0 Å². The summed E-state index contributed by atoms with van der Waals surface area (Å²) in [5.41, 5.74) is 0.709. The topological polar surface area (TPSA) is 128 Å². The van der Waals surface area contributed by atoms with Gasteiger partial charge < -0.3 is 39.8 Å². The molecule has 0 aliphatic carbocycles. The zero-order chi connectivity index (χ0) is 31.0. The van der Waals surface area contributed by atoms with Crippen LogP contribution in [0.5, 0.6) is 0 Å². The lowest BCUT2D eigenvalue weighted by atomic mass is 9.95. The number of benzene rings is 2.